The second-order valence-corrected chi connectivity index (χ2v) is 6.04. The molecular formula is C18H25N3. The van der Waals surface area contributed by atoms with Gasteiger partial charge in [-0.05, 0) is 37.3 Å². The standard InChI is InChI=1S/C18H25N3/c1-3-15-9-7-8-14(2)17(15)20-18-19-12-13-21(18)16-10-5-4-6-11-16/h7-9,12-13,16H,3-6,10-11H2,1-2H3,(H,19,20). The van der Waals surface area contributed by atoms with Crippen LogP contribution in [0.4, 0.5) is 11.6 Å². The van der Waals surface area contributed by atoms with Crippen molar-refractivity contribution < 1.29 is 0 Å². The molecule has 0 aliphatic heterocycles. The number of hydrogen-bond acceptors (Lipinski definition) is 2. The van der Waals surface area contributed by atoms with Gasteiger partial charge < -0.3 is 9.88 Å². The van der Waals surface area contributed by atoms with E-state index in [-0.39, 0.29) is 0 Å². The molecule has 1 fully saturated rings. The number of hydrogen-bond donors (Lipinski definition) is 1. The van der Waals surface area contributed by atoms with Crippen LogP contribution in [0.3, 0.4) is 0 Å². The average molecular weight is 283 g/mol. The van der Waals surface area contributed by atoms with Crippen LogP contribution in [-0.2, 0) is 6.42 Å². The third-order valence-corrected chi connectivity index (χ3v) is 4.61. The fourth-order valence-corrected chi connectivity index (χ4v) is 3.38. The Kier molecular flexibility index (Phi) is 4.28. The molecule has 1 heterocycles. The molecule has 112 valence electrons. The van der Waals surface area contributed by atoms with Gasteiger partial charge in [-0.2, -0.15) is 0 Å². The molecule has 3 heteroatoms. The lowest BCUT2D eigenvalue weighted by Gasteiger charge is -2.25. The predicted molar refractivity (Wildman–Crippen MR) is 88.2 cm³/mol. The summed E-state index contributed by atoms with van der Waals surface area (Å²) in [6.07, 6.45) is 11.7. The van der Waals surface area contributed by atoms with Gasteiger partial charge in [0.05, 0.1) is 0 Å². The van der Waals surface area contributed by atoms with E-state index in [9.17, 15) is 0 Å². The summed E-state index contributed by atoms with van der Waals surface area (Å²) in [4.78, 5) is 4.56. The molecule has 3 rings (SSSR count). The van der Waals surface area contributed by atoms with Gasteiger partial charge in [-0.15, -0.1) is 0 Å². The third-order valence-electron chi connectivity index (χ3n) is 4.61. The van der Waals surface area contributed by atoms with Crippen LogP contribution >= 0.6 is 0 Å². The van der Waals surface area contributed by atoms with Crippen LogP contribution in [0.1, 0.15) is 56.2 Å². The summed E-state index contributed by atoms with van der Waals surface area (Å²) in [5.41, 5.74) is 3.86. The zero-order chi connectivity index (χ0) is 14.7. The summed E-state index contributed by atoms with van der Waals surface area (Å²) in [6, 6.07) is 7.10. The minimum atomic E-state index is 0.609. The normalized spacial score (nSPS) is 16.1. The van der Waals surface area contributed by atoms with Crippen molar-refractivity contribution in [2.75, 3.05) is 5.32 Å². The molecule has 0 saturated heterocycles. The molecule has 1 aliphatic rings. The molecular weight excluding hydrogens is 258 g/mol. The van der Waals surface area contributed by atoms with E-state index in [1.54, 1.807) is 0 Å². The number of para-hydroxylation sites is 1. The van der Waals surface area contributed by atoms with Gasteiger partial charge in [0.15, 0.2) is 0 Å². The van der Waals surface area contributed by atoms with Crippen LogP contribution in [0.5, 0.6) is 0 Å². The van der Waals surface area contributed by atoms with E-state index < -0.39 is 0 Å². The second kappa shape index (κ2) is 6.33. The Morgan fingerprint density at radius 1 is 1.24 bits per heavy atom. The average Bonchev–Trinajstić information content (AvgIpc) is 2.98. The molecule has 2 aromatic rings. The van der Waals surface area contributed by atoms with Crippen molar-refractivity contribution in [3.63, 3.8) is 0 Å². The first-order valence-electron chi connectivity index (χ1n) is 8.18. The summed E-state index contributed by atoms with van der Waals surface area (Å²) in [6.45, 7) is 4.36. The quantitative estimate of drug-likeness (QED) is 0.855. The summed E-state index contributed by atoms with van der Waals surface area (Å²) in [5, 5.41) is 3.59. The number of imidazole rings is 1. The molecule has 1 N–H and O–H groups in total. The maximum absolute atomic E-state index is 4.56. The highest BCUT2D eigenvalue weighted by Gasteiger charge is 2.18. The fraction of sp³-hybridized carbons (Fsp3) is 0.500. The number of aryl methyl sites for hydroxylation is 2. The van der Waals surface area contributed by atoms with Gasteiger partial charge in [0.2, 0.25) is 5.95 Å². The highest BCUT2D eigenvalue weighted by molar-refractivity contribution is 5.63. The van der Waals surface area contributed by atoms with Gasteiger partial charge in [-0.3, -0.25) is 0 Å². The zero-order valence-corrected chi connectivity index (χ0v) is 13.1. The molecule has 3 nitrogen and oxygen atoms in total. The number of nitrogens with one attached hydrogen (secondary N) is 1. The molecule has 0 atom stereocenters. The molecule has 0 amide bonds. The summed E-state index contributed by atoms with van der Waals surface area (Å²) in [7, 11) is 0. The first-order valence-corrected chi connectivity index (χ1v) is 8.18. The van der Waals surface area contributed by atoms with Crippen molar-refractivity contribution in [2.45, 2.75) is 58.4 Å². The van der Waals surface area contributed by atoms with Crippen molar-refractivity contribution in [3.8, 4) is 0 Å². The summed E-state index contributed by atoms with van der Waals surface area (Å²) < 4.78 is 2.34. The molecule has 0 radical (unpaired) electrons. The van der Waals surface area contributed by atoms with Crippen LogP contribution in [0.2, 0.25) is 0 Å². The minimum Gasteiger partial charge on any atom is -0.325 e. The molecule has 1 aliphatic carbocycles. The molecule has 21 heavy (non-hydrogen) atoms. The molecule has 0 bridgehead atoms. The van der Waals surface area contributed by atoms with Crippen LogP contribution in [0.25, 0.3) is 0 Å². The molecule has 1 saturated carbocycles. The maximum Gasteiger partial charge on any atom is 0.207 e. The van der Waals surface area contributed by atoms with Gasteiger partial charge >= 0.3 is 0 Å². The lowest BCUT2D eigenvalue weighted by atomic mass is 9.95. The second-order valence-electron chi connectivity index (χ2n) is 6.04. The first kappa shape index (κ1) is 14.2. The van der Waals surface area contributed by atoms with Crippen LogP contribution in [0.15, 0.2) is 30.6 Å². The lowest BCUT2D eigenvalue weighted by Crippen LogP contribution is -2.14. The topological polar surface area (TPSA) is 29.9 Å². The Balaban J connectivity index is 1.87. The lowest BCUT2D eigenvalue weighted by molar-refractivity contribution is 0.356. The van der Waals surface area contributed by atoms with E-state index in [0.717, 1.165) is 12.4 Å². The third kappa shape index (κ3) is 2.97. The Hall–Kier alpha value is -1.77. The van der Waals surface area contributed by atoms with Crippen molar-refractivity contribution in [2.24, 2.45) is 0 Å². The van der Waals surface area contributed by atoms with E-state index in [0.29, 0.717) is 6.04 Å². The number of benzene rings is 1. The van der Waals surface area contributed by atoms with Gasteiger partial charge in [-0.1, -0.05) is 44.4 Å². The smallest absolute Gasteiger partial charge is 0.207 e. The largest absolute Gasteiger partial charge is 0.325 e. The predicted octanol–water partition coefficient (Wildman–Crippen LogP) is 5.00. The van der Waals surface area contributed by atoms with E-state index >= 15 is 0 Å². The Bertz CT molecular complexity index is 594. The van der Waals surface area contributed by atoms with Crippen molar-refractivity contribution in [1.29, 1.82) is 0 Å². The Morgan fingerprint density at radius 3 is 2.81 bits per heavy atom. The molecule has 0 spiro atoms. The van der Waals surface area contributed by atoms with Crippen molar-refractivity contribution in [3.05, 3.63) is 41.7 Å². The summed E-state index contributed by atoms with van der Waals surface area (Å²) >= 11 is 0. The van der Waals surface area contributed by atoms with Gasteiger partial charge in [-0.25, -0.2) is 4.98 Å². The molecule has 1 aromatic carbocycles. The fourth-order valence-electron chi connectivity index (χ4n) is 3.38. The van der Waals surface area contributed by atoms with E-state index in [4.69, 9.17) is 0 Å². The SMILES string of the molecule is CCc1cccc(C)c1Nc1nccn1C1CCCCC1. The van der Waals surface area contributed by atoms with E-state index in [2.05, 4.69) is 53.1 Å². The number of rotatable bonds is 4. The summed E-state index contributed by atoms with van der Waals surface area (Å²) in [5.74, 6) is 0.992. The van der Waals surface area contributed by atoms with E-state index in [1.165, 1.54) is 48.9 Å². The number of nitrogens with zero attached hydrogens (tertiary/aromatic N) is 2. The zero-order valence-electron chi connectivity index (χ0n) is 13.1. The highest BCUT2D eigenvalue weighted by atomic mass is 15.2. The molecule has 0 unspecified atom stereocenters. The van der Waals surface area contributed by atoms with E-state index in [1.807, 2.05) is 6.20 Å². The van der Waals surface area contributed by atoms with Gasteiger partial charge in [0.25, 0.3) is 0 Å². The monoisotopic (exact) mass is 283 g/mol. The number of aromatic nitrogens is 2. The Labute approximate surface area is 127 Å². The van der Waals surface area contributed by atoms with Crippen LogP contribution < -0.4 is 5.32 Å². The van der Waals surface area contributed by atoms with Crippen molar-refractivity contribution in [1.82, 2.24) is 9.55 Å². The molecule has 1 aromatic heterocycles. The Morgan fingerprint density at radius 2 is 2.05 bits per heavy atom. The number of anilines is 2. The maximum atomic E-state index is 4.56. The van der Waals surface area contributed by atoms with Gasteiger partial charge in [0, 0.05) is 24.1 Å². The highest BCUT2D eigenvalue weighted by Crippen LogP contribution is 2.32. The van der Waals surface area contributed by atoms with Crippen LogP contribution in [-0.4, -0.2) is 9.55 Å². The van der Waals surface area contributed by atoms with Gasteiger partial charge in [0.1, 0.15) is 0 Å². The first-order chi connectivity index (χ1) is 10.3. The van der Waals surface area contributed by atoms with Crippen molar-refractivity contribution >= 4 is 11.6 Å². The minimum absolute atomic E-state index is 0.609. The van der Waals surface area contributed by atoms with Crippen LogP contribution in [0, 0.1) is 6.92 Å².